The van der Waals surface area contributed by atoms with Crippen molar-refractivity contribution >= 4 is 21.4 Å². The molecule has 6 heteroatoms. The number of hydrogen-bond acceptors (Lipinski definition) is 3. The van der Waals surface area contributed by atoms with Gasteiger partial charge in [0.15, 0.2) is 0 Å². The summed E-state index contributed by atoms with van der Waals surface area (Å²) >= 11 is 0. The third kappa shape index (κ3) is 3.16. The number of aryl methyl sites for hydroxylation is 3. The predicted octanol–water partition coefficient (Wildman–Crippen LogP) is 3.13. The van der Waals surface area contributed by atoms with Gasteiger partial charge in [0.05, 0.1) is 11.4 Å². The van der Waals surface area contributed by atoms with Crippen molar-refractivity contribution in [3.8, 4) is 0 Å². The number of nitrogens with one attached hydrogen (secondary N) is 1. The molecule has 2 rings (SSSR count). The number of anilines is 2. The molecule has 2 aromatic carbocycles. The fourth-order valence-corrected chi connectivity index (χ4v) is 3.64. The lowest BCUT2D eigenvalue weighted by Crippen LogP contribution is -2.17. The number of nitrogens with two attached hydrogens (primary N) is 1. The highest BCUT2D eigenvalue weighted by Crippen LogP contribution is 2.28. The highest BCUT2D eigenvalue weighted by molar-refractivity contribution is 7.93. The van der Waals surface area contributed by atoms with E-state index in [1.807, 2.05) is 0 Å². The smallest absolute Gasteiger partial charge is 0.264 e. The normalized spacial score (nSPS) is 11.4. The molecule has 21 heavy (non-hydrogen) atoms. The van der Waals surface area contributed by atoms with Gasteiger partial charge in [0.2, 0.25) is 0 Å². The summed E-state index contributed by atoms with van der Waals surface area (Å²) in [5, 5.41) is 0. The monoisotopic (exact) mass is 308 g/mol. The summed E-state index contributed by atoms with van der Waals surface area (Å²) in [4.78, 5) is 0.0319. The molecule has 0 amide bonds. The molecular formula is C15H17FN2O2S. The number of halogens is 1. The Labute approximate surface area is 123 Å². The highest BCUT2D eigenvalue weighted by Gasteiger charge is 2.21. The summed E-state index contributed by atoms with van der Waals surface area (Å²) in [6.07, 6.45) is 0. The van der Waals surface area contributed by atoms with E-state index in [9.17, 15) is 12.8 Å². The summed E-state index contributed by atoms with van der Waals surface area (Å²) in [5.41, 5.74) is 8.11. The largest absolute Gasteiger partial charge is 0.397 e. The van der Waals surface area contributed by atoms with E-state index in [1.165, 1.54) is 6.07 Å². The van der Waals surface area contributed by atoms with E-state index in [-0.39, 0.29) is 16.3 Å². The van der Waals surface area contributed by atoms with Crippen molar-refractivity contribution in [2.75, 3.05) is 10.5 Å². The number of sulfonamides is 1. The average molecular weight is 308 g/mol. The lowest BCUT2D eigenvalue weighted by molar-refractivity contribution is 0.601. The van der Waals surface area contributed by atoms with Crippen LogP contribution in [0.25, 0.3) is 0 Å². The molecule has 3 N–H and O–H groups in total. The van der Waals surface area contributed by atoms with E-state index in [4.69, 9.17) is 5.73 Å². The predicted molar refractivity (Wildman–Crippen MR) is 82.3 cm³/mol. The quantitative estimate of drug-likeness (QED) is 0.856. The molecule has 0 bridgehead atoms. The van der Waals surface area contributed by atoms with E-state index in [0.29, 0.717) is 16.7 Å². The molecule has 0 aliphatic carbocycles. The van der Waals surface area contributed by atoms with Crippen molar-refractivity contribution in [2.24, 2.45) is 0 Å². The first-order valence-corrected chi connectivity index (χ1v) is 7.85. The number of benzene rings is 2. The summed E-state index contributed by atoms with van der Waals surface area (Å²) in [6, 6.07) is 7.46. The fourth-order valence-electron chi connectivity index (χ4n) is 2.17. The molecule has 0 spiro atoms. The molecule has 0 saturated heterocycles. The van der Waals surface area contributed by atoms with Gasteiger partial charge in [0.25, 0.3) is 10.0 Å². The summed E-state index contributed by atoms with van der Waals surface area (Å²) in [7, 11) is -3.87. The van der Waals surface area contributed by atoms with Crippen LogP contribution in [0.15, 0.2) is 35.2 Å². The van der Waals surface area contributed by atoms with Crippen LogP contribution in [-0.2, 0) is 10.0 Å². The zero-order chi connectivity index (χ0) is 15.8. The highest BCUT2D eigenvalue weighted by atomic mass is 32.2. The maximum atomic E-state index is 13.4. The fraction of sp³-hybridized carbons (Fsp3) is 0.200. The van der Waals surface area contributed by atoms with Crippen molar-refractivity contribution in [1.29, 1.82) is 0 Å². The molecule has 0 aliphatic rings. The van der Waals surface area contributed by atoms with Crippen LogP contribution in [-0.4, -0.2) is 8.42 Å². The second kappa shape index (κ2) is 5.37. The molecule has 0 saturated carbocycles. The number of nitrogen functional groups attached to an aromatic ring is 1. The van der Waals surface area contributed by atoms with Gasteiger partial charge in [-0.05, 0) is 55.7 Å². The second-order valence-corrected chi connectivity index (χ2v) is 6.68. The topological polar surface area (TPSA) is 72.2 Å². The lowest BCUT2D eigenvalue weighted by Gasteiger charge is -2.14. The summed E-state index contributed by atoms with van der Waals surface area (Å²) < 4.78 is 40.8. The Morgan fingerprint density at radius 3 is 2.29 bits per heavy atom. The zero-order valence-corrected chi connectivity index (χ0v) is 12.9. The van der Waals surface area contributed by atoms with E-state index in [2.05, 4.69) is 4.72 Å². The van der Waals surface area contributed by atoms with Gasteiger partial charge in [0.1, 0.15) is 10.7 Å². The van der Waals surface area contributed by atoms with Gasteiger partial charge in [-0.25, -0.2) is 12.8 Å². The third-order valence-corrected chi connectivity index (χ3v) is 4.76. The van der Waals surface area contributed by atoms with Gasteiger partial charge in [-0.15, -0.1) is 0 Å². The van der Waals surface area contributed by atoms with Crippen molar-refractivity contribution < 1.29 is 12.8 Å². The van der Waals surface area contributed by atoms with Gasteiger partial charge in [-0.3, -0.25) is 4.72 Å². The van der Waals surface area contributed by atoms with Crippen molar-refractivity contribution in [1.82, 2.24) is 0 Å². The minimum Gasteiger partial charge on any atom is -0.397 e. The van der Waals surface area contributed by atoms with E-state index in [1.54, 1.807) is 39.0 Å². The van der Waals surface area contributed by atoms with Crippen LogP contribution in [0.2, 0.25) is 0 Å². The first-order valence-electron chi connectivity index (χ1n) is 6.36. The van der Waals surface area contributed by atoms with Crippen LogP contribution in [0, 0.1) is 26.6 Å². The Kier molecular flexibility index (Phi) is 3.91. The Morgan fingerprint density at radius 2 is 1.67 bits per heavy atom. The van der Waals surface area contributed by atoms with E-state index < -0.39 is 15.8 Å². The van der Waals surface area contributed by atoms with Crippen molar-refractivity contribution in [2.45, 2.75) is 25.7 Å². The Bertz CT molecular complexity index is 781. The molecule has 0 radical (unpaired) electrons. The standard InChI is InChI=1S/C15H17FN2O2S/c1-9-6-12(16)8-13(7-9)18-21(19,20)15-11(3)5-4-10(2)14(15)17/h4-8,18H,17H2,1-3H3. The maximum Gasteiger partial charge on any atom is 0.264 e. The Balaban J connectivity index is 2.51. The zero-order valence-electron chi connectivity index (χ0n) is 12.1. The van der Waals surface area contributed by atoms with Gasteiger partial charge in [-0.2, -0.15) is 0 Å². The average Bonchev–Trinajstić information content (AvgIpc) is 2.32. The van der Waals surface area contributed by atoms with Crippen LogP contribution in [0.1, 0.15) is 16.7 Å². The first-order chi connectivity index (χ1) is 9.70. The summed E-state index contributed by atoms with van der Waals surface area (Å²) in [5.74, 6) is -0.498. The molecule has 0 aromatic heterocycles. The maximum absolute atomic E-state index is 13.4. The second-order valence-electron chi connectivity index (χ2n) is 5.06. The van der Waals surface area contributed by atoms with E-state index >= 15 is 0 Å². The first kappa shape index (κ1) is 15.3. The summed E-state index contributed by atoms with van der Waals surface area (Å²) in [6.45, 7) is 5.09. The molecule has 0 unspecified atom stereocenters. The van der Waals surface area contributed by atoms with E-state index in [0.717, 1.165) is 6.07 Å². The molecule has 112 valence electrons. The van der Waals surface area contributed by atoms with Crippen LogP contribution < -0.4 is 10.5 Å². The molecule has 0 fully saturated rings. The molecule has 0 aliphatic heterocycles. The molecule has 4 nitrogen and oxygen atoms in total. The molecule has 0 heterocycles. The lowest BCUT2D eigenvalue weighted by atomic mass is 10.1. The van der Waals surface area contributed by atoms with Gasteiger partial charge < -0.3 is 5.73 Å². The molecule has 2 aromatic rings. The number of hydrogen-bond donors (Lipinski definition) is 2. The SMILES string of the molecule is Cc1cc(F)cc(NS(=O)(=O)c2c(C)ccc(C)c2N)c1. The van der Waals surface area contributed by atoms with Gasteiger partial charge in [0, 0.05) is 0 Å². The van der Waals surface area contributed by atoms with Gasteiger partial charge >= 0.3 is 0 Å². The third-order valence-electron chi connectivity index (χ3n) is 3.17. The van der Waals surface area contributed by atoms with Crippen LogP contribution in [0.4, 0.5) is 15.8 Å². The van der Waals surface area contributed by atoms with Crippen LogP contribution in [0.5, 0.6) is 0 Å². The van der Waals surface area contributed by atoms with Crippen LogP contribution in [0.3, 0.4) is 0 Å². The number of rotatable bonds is 3. The molecular weight excluding hydrogens is 291 g/mol. The minimum absolute atomic E-state index is 0.0319. The van der Waals surface area contributed by atoms with Crippen molar-refractivity contribution in [3.63, 3.8) is 0 Å². The van der Waals surface area contributed by atoms with Crippen LogP contribution >= 0.6 is 0 Å². The minimum atomic E-state index is -3.87. The van der Waals surface area contributed by atoms with Crippen molar-refractivity contribution in [3.05, 3.63) is 52.8 Å². The van der Waals surface area contributed by atoms with Gasteiger partial charge in [-0.1, -0.05) is 12.1 Å². The Hall–Kier alpha value is -2.08. The molecule has 0 atom stereocenters. The Morgan fingerprint density at radius 1 is 1.05 bits per heavy atom.